The van der Waals surface area contributed by atoms with Crippen LogP contribution in [-0.4, -0.2) is 42.1 Å². The summed E-state index contributed by atoms with van der Waals surface area (Å²) in [4.78, 5) is 31.6. The van der Waals surface area contributed by atoms with Gasteiger partial charge in [-0.3, -0.25) is 10.1 Å². The molecule has 0 fully saturated rings. The zero-order chi connectivity index (χ0) is 19.7. The van der Waals surface area contributed by atoms with Gasteiger partial charge in [0.05, 0.1) is 26.0 Å². The molecule has 0 aliphatic carbocycles. The van der Waals surface area contributed by atoms with Crippen molar-refractivity contribution in [2.75, 3.05) is 25.6 Å². The van der Waals surface area contributed by atoms with Gasteiger partial charge in [0.1, 0.15) is 0 Å². The summed E-state index contributed by atoms with van der Waals surface area (Å²) in [5.41, 5.74) is 1.42. The van der Waals surface area contributed by atoms with E-state index in [1.54, 1.807) is 31.1 Å². The van der Waals surface area contributed by atoms with Gasteiger partial charge in [0.15, 0.2) is 22.2 Å². The number of aromatic nitrogens is 1. The molecule has 8 nitrogen and oxygen atoms in total. The van der Waals surface area contributed by atoms with Crippen molar-refractivity contribution >= 4 is 39.4 Å². The zero-order valence-electron chi connectivity index (χ0n) is 15.5. The second kappa shape index (κ2) is 7.51. The number of thiazole rings is 1. The van der Waals surface area contributed by atoms with Gasteiger partial charge in [0.2, 0.25) is 0 Å². The van der Waals surface area contributed by atoms with Gasteiger partial charge in [-0.15, -0.1) is 0 Å². The molecule has 1 aliphatic rings. The fourth-order valence-electron chi connectivity index (χ4n) is 3.09. The molecule has 0 saturated carbocycles. The number of rotatable bonds is 4. The molecule has 9 heteroatoms. The third-order valence-electron chi connectivity index (χ3n) is 4.43. The minimum absolute atomic E-state index is 0.181. The van der Waals surface area contributed by atoms with Crippen molar-refractivity contribution < 1.29 is 23.5 Å². The van der Waals surface area contributed by atoms with Crippen LogP contribution in [0.1, 0.15) is 28.0 Å². The Hall–Kier alpha value is -3.07. The molecule has 3 heterocycles. The molecule has 4 rings (SSSR count). The molecule has 3 aromatic rings. The molecular formula is C19H19N3O5S. The maximum absolute atomic E-state index is 12.6. The Bertz CT molecular complexity index is 1040. The predicted octanol–water partition coefficient (Wildman–Crippen LogP) is 3.66. The highest BCUT2D eigenvalue weighted by atomic mass is 32.1. The quantitative estimate of drug-likeness (QED) is 0.717. The van der Waals surface area contributed by atoms with Crippen molar-refractivity contribution in [3.05, 3.63) is 40.6 Å². The summed E-state index contributed by atoms with van der Waals surface area (Å²) in [6.45, 7) is 3.10. The van der Waals surface area contributed by atoms with Crippen LogP contribution < -0.4 is 10.1 Å². The summed E-state index contributed by atoms with van der Waals surface area (Å²) in [5.74, 6) is 0.368. The maximum Gasteiger partial charge on any atom is 0.410 e. The number of fused-ring (bicyclic) bond motifs is 2. The van der Waals surface area contributed by atoms with E-state index in [1.807, 2.05) is 12.1 Å². The monoisotopic (exact) mass is 401 g/mol. The van der Waals surface area contributed by atoms with Crippen LogP contribution in [0, 0.1) is 0 Å². The molecule has 0 atom stereocenters. The lowest BCUT2D eigenvalue weighted by molar-refractivity contribution is 0.0997. The lowest BCUT2D eigenvalue weighted by Gasteiger charge is -2.24. The van der Waals surface area contributed by atoms with Crippen LogP contribution in [0.3, 0.4) is 0 Å². The normalized spacial score (nSPS) is 13.3. The van der Waals surface area contributed by atoms with Crippen LogP contribution >= 0.6 is 11.3 Å². The minimum atomic E-state index is -0.383. The van der Waals surface area contributed by atoms with E-state index < -0.39 is 0 Å². The first kappa shape index (κ1) is 18.3. The van der Waals surface area contributed by atoms with E-state index in [9.17, 15) is 9.59 Å². The van der Waals surface area contributed by atoms with Crippen LogP contribution in [0.4, 0.5) is 9.93 Å². The van der Waals surface area contributed by atoms with Crippen LogP contribution in [0.2, 0.25) is 0 Å². The van der Waals surface area contributed by atoms with Crippen molar-refractivity contribution in [3.8, 4) is 5.75 Å². The van der Waals surface area contributed by atoms with E-state index in [-0.39, 0.29) is 17.8 Å². The number of hydrogen-bond donors (Lipinski definition) is 1. The van der Waals surface area contributed by atoms with Crippen LogP contribution in [0.5, 0.6) is 5.75 Å². The van der Waals surface area contributed by atoms with E-state index in [1.165, 1.54) is 11.3 Å². The lowest BCUT2D eigenvalue weighted by Crippen LogP contribution is -2.35. The number of hydrogen-bond acceptors (Lipinski definition) is 7. The SMILES string of the molecule is CCOC(=O)N1CCc2nc(NC(=O)c3cc4cccc(OC)c4o3)sc2C1. The fourth-order valence-corrected chi connectivity index (χ4v) is 4.11. The number of para-hydroxylation sites is 1. The second-order valence-electron chi connectivity index (χ2n) is 6.20. The molecular weight excluding hydrogens is 382 g/mol. The number of methoxy groups -OCH3 is 1. The first-order chi connectivity index (χ1) is 13.6. The third-order valence-corrected chi connectivity index (χ3v) is 5.43. The van der Waals surface area contributed by atoms with Gasteiger partial charge in [-0.25, -0.2) is 9.78 Å². The molecule has 2 amide bonds. The number of ether oxygens (including phenoxy) is 2. The fraction of sp³-hybridized carbons (Fsp3) is 0.316. The van der Waals surface area contributed by atoms with Crippen molar-refractivity contribution in [2.45, 2.75) is 19.9 Å². The molecule has 2 aromatic heterocycles. The largest absolute Gasteiger partial charge is 0.493 e. The van der Waals surface area contributed by atoms with Crippen molar-refractivity contribution in [1.29, 1.82) is 0 Å². The van der Waals surface area contributed by atoms with Crippen LogP contribution in [-0.2, 0) is 17.7 Å². The number of nitrogens with one attached hydrogen (secondary N) is 1. The highest BCUT2D eigenvalue weighted by Gasteiger charge is 2.26. The van der Waals surface area contributed by atoms with Gasteiger partial charge in [-0.05, 0) is 19.1 Å². The van der Waals surface area contributed by atoms with E-state index in [0.29, 0.717) is 42.6 Å². The van der Waals surface area contributed by atoms with Gasteiger partial charge < -0.3 is 18.8 Å². The van der Waals surface area contributed by atoms with E-state index >= 15 is 0 Å². The summed E-state index contributed by atoms with van der Waals surface area (Å²) in [7, 11) is 1.55. The molecule has 1 N–H and O–H groups in total. The Balaban J connectivity index is 1.50. The highest BCUT2D eigenvalue weighted by molar-refractivity contribution is 7.15. The zero-order valence-corrected chi connectivity index (χ0v) is 16.3. The van der Waals surface area contributed by atoms with Gasteiger partial charge in [0.25, 0.3) is 5.91 Å². The number of carbonyl (C=O) groups excluding carboxylic acids is 2. The van der Waals surface area contributed by atoms with Gasteiger partial charge in [-0.2, -0.15) is 0 Å². The van der Waals surface area contributed by atoms with Crippen molar-refractivity contribution in [2.24, 2.45) is 0 Å². The summed E-state index contributed by atoms with van der Waals surface area (Å²) in [5, 5.41) is 4.05. The number of amides is 2. The molecule has 0 spiro atoms. The van der Waals surface area contributed by atoms with Crippen molar-refractivity contribution in [3.63, 3.8) is 0 Å². The Morgan fingerprint density at radius 1 is 1.39 bits per heavy atom. The second-order valence-corrected chi connectivity index (χ2v) is 7.29. The third kappa shape index (κ3) is 3.40. The van der Waals surface area contributed by atoms with Crippen molar-refractivity contribution in [1.82, 2.24) is 9.88 Å². The number of anilines is 1. The van der Waals surface area contributed by atoms with Gasteiger partial charge >= 0.3 is 6.09 Å². The first-order valence-electron chi connectivity index (χ1n) is 8.87. The summed E-state index contributed by atoms with van der Waals surface area (Å²) < 4.78 is 16.0. The molecule has 0 bridgehead atoms. The minimum Gasteiger partial charge on any atom is -0.493 e. The lowest BCUT2D eigenvalue weighted by atomic mass is 10.2. The Morgan fingerprint density at radius 2 is 2.25 bits per heavy atom. The summed E-state index contributed by atoms with van der Waals surface area (Å²) >= 11 is 1.35. The molecule has 1 aromatic carbocycles. The molecule has 0 unspecified atom stereocenters. The topological polar surface area (TPSA) is 93.9 Å². The molecule has 0 radical (unpaired) electrons. The van der Waals surface area contributed by atoms with E-state index in [0.717, 1.165) is 16.0 Å². The first-order valence-corrected chi connectivity index (χ1v) is 9.69. The number of benzene rings is 1. The van der Waals surface area contributed by atoms with Crippen LogP contribution in [0.15, 0.2) is 28.7 Å². The average Bonchev–Trinajstić information content (AvgIpc) is 3.30. The molecule has 0 saturated heterocycles. The smallest absolute Gasteiger partial charge is 0.410 e. The summed E-state index contributed by atoms with van der Waals surface area (Å²) in [6.07, 6.45) is 0.297. The maximum atomic E-state index is 12.6. The molecule has 146 valence electrons. The number of carbonyl (C=O) groups is 2. The Labute approximate surface area is 165 Å². The van der Waals surface area contributed by atoms with Gasteiger partial charge in [0, 0.05) is 23.2 Å². The summed E-state index contributed by atoms with van der Waals surface area (Å²) in [6, 6.07) is 7.13. The highest BCUT2D eigenvalue weighted by Crippen LogP contribution is 2.31. The Kier molecular flexibility index (Phi) is 4.91. The van der Waals surface area contributed by atoms with E-state index in [2.05, 4.69) is 10.3 Å². The number of nitrogens with zero attached hydrogens (tertiary/aromatic N) is 2. The van der Waals surface area contributed by atoms with Gasteiger partial charge in [-0.1, -0.05) is 23.5 Å². The average molecular weight is 401 g/mol. The molecule has 28 heavy (non-hydrogen) atoms. The number of furan rings is 1. The Morgan fingerprint density at radius 3 is 3.04 bits per heavy atom. The predicted molar refractivity (Wildman–Crippen MR) is 104 cm³/mol. The standard InChI is InChI=1S/C19H19N3O5S/c1-3-26-19(24)22-8-7-12-15(10-22)28-18(20-12)21-17(23)14-9-11-5-4-6-13(25-2)16(11)27-14/h4-6,9H,3,7-8,10H2,1-2H3,(H,20,21,23). The van der Waals surface area contributed by atoms with Crippen LogP contribution in [0.25, 0.3) is 11.0 Å². The molecule has 1 aliphatic heterocycles. The van der Waals surface area contributed by atoms with E-state index in [4.69, 9.17) is 13.9 Å².